The molecule has 1 aromatic carbocycles. The van der Waals surface area contributed by atoms with E-state index in [1.54, 1.807) is 17.6 Å². The maximum atomic E-state index is 12.6. The Hall–Kier alpha value is -3.26. The molecular weight excluding hydrogens is 396 g/mol. The van der Waals surface area contributed by atoms with E-state index in [4.69, 9.17) is 10.0 Å². The summed E-state index contributed by atoms with van der Waals surface area (Å²) in [4.78, 5) is 34.4. The van der Waals surface area contributed by atoms with E-state index in [0.717, 1.165) is 34.6 Å². The van der Waals surface area contributed by atoms with Crippen LogP contribution in [0, 0.1) is 19.8 Å². The molecule has 8 heteroatoms. The zero-order valence-corrected chi connectivity index (χ0v) is 17.6. The van der Waals surface area contributed by atoms with Crippen molar-refractivity contribution in [3.05, 3.63) is 64.5 Å². The van der Waals surface area contributed by atoms with Crippen molar-refractivity contribution in [1.82, 2.24) is 15.8 Å². The molecule has 0 spiro atoms. The van der Waals surface area contributed by atoms with Gasteiger partial charge in [-0.3, -0.25) is 19.8 Å². The summed E-state index contributed by atoms with van der Waals surface area (Å²) >= 11 is 0. The van der Waals surface area contributed by atoms with Gasteiger partial charge in [-0.15, -0.1) is 0 Å². The number of carbonyl (C=O) groups is 2. The summed E-state index contributed by atoms with van der Waals surface area (Å²) < 4.78 is 0. The average molecular weight is 422 g/mol. The first-order valence-corrected chi connectivity index (χ1v) is 10.5. The Bertz CT molecular complexity index is 998. The number of nitrogens with one attached hydrogen (secondary N) is 2. The van der Waals surface area contributed by atoms with Crippen LogP contribution in [0.3, 0.4) is 0 Å². The van der Waals surface area contributed by atoms with Crippen LogP contribution in [0.4, 0.5) is 0 Å². The summed E-state index contributed by atoms with van der Waals surface area (Å²) in [6, 6.07) is 11.0. The maximum Gasteiger partial charge on any atom is 0.251 e. The molecule has 8 nitrogen and oxygen atoms in total. The van der Waals surface area contributed by atoms with Gasteiger partial charge in [0.05, 0.1) is 11.6 Å². The molecule has 2 amide bonds. The predicted molar refractivity (Wildman–Crippen MR) is 114 cm³/mol. The van der Waals surface area contributed by atoms with E-state index >= 15 is 0 Å². The van der Waals surface area contributed by atoms with Crippen molar-refractivity contribution in [3.63, 3.8) is 0 Å². The minimum Gasteiger partial charge on any atom is -0.387 e. The van der Waals surface area contributed by atoms with Gasteiger partial charge in [-0.05, 0) is 56.5 Å². The van der Waals surface area contributed by atoms with E-state index in [1.807, 2.05) is 38.1 Å². The van der Waals surface area contributed by atoms with Crippen LogP contribution in [0.1, 0.15) is 64.7 Å². The number of aromatic nitrogens is 1. The summed E-state index contributed by atoms with van der Waals surface area (Å²) in [6.07, 6.45) is 2.64. The van der Waals surface area contributed by atoms with Gasteiger partial charge in [-0.1, -0.05) is 23.7 Å². The van der Waals surface area contributed by atoms with E-state index in [0.29, 0.717) is 24.8 Å². The van der Waals surface area contributed by atoms with Crippen molar-refractivity contribution < 1.29 is 19.6 Å². The SMILES string of the molecule is Cc1cc(C2=NOC(c3ccc(C(=O)N[C@H]4CCC[C@H]4C(=O)NO)cc3)C2)cc(C)n1. The fourth-order valence-electron chi connectivity index (χ4n) is 4.36. The molecule has 4 rings (SSSR count). The molecule has 1 aliphatic carbocycles. The van der Waals surface area contributed by atoms with Crippen molar-refractivity contribution in [2.24, 2.45) is 11.1 Å². The van der Waals surface area contributed by atoms with Crippen LogP contribution in [-0.4, -0.2) is 33.8 Å². The summed E-state index contributed by atoms with van der Waals surface area (Å²) in [5.74, 6) is -1.09. The van der Waals surface area contributed by atoms with E-state index < -0.39 is 11.8 Å². The van der Waals surface area contributed by atoms with Gasteiger partial charge in [-0.25, -0.2) is 5.48 Å². The monoisotopic (exact) mass is 422 g/mol. The molecule has 0 saturated heterocycles. The number of pyridine rings is 1. The number of nitrogens with zero attached hydrogens (tertiary/aromatic N) is 2. The molecule has 162 valence electrons. The van der Waals surface area contributed by atoms with Crippen LogP contribution in [0.25, 0.3) is 0 Å². The molecule has 3 atom stereocenters. The smallest absolute Gasteiger partial charge is 0.251 e. The number of hydrogen-bond acceptors (Lipinski definition) is 6. The number of hydrogen-bond donors (Lipinski definition) is 3. The zero-order chi connectivity index (χ0) is 22.0. The number of hydroxylamine groups is 1. The molecule has 2 heterocycles. The number of carbonyl (C=O) groups excluding carboxylic acids is 2. The van der Waals surface area contributed by atoms with Crippen LogP contribution < -0.4 is 10.8 Å². The van der Waals surface area contributed by atoms with Gasteiger partial charge in [0.1, 0.15) is 0 Å². The predicted octanol–water partition coefficient (Wildman–Crippen LogP) is 2.97. The van der Waals surface area contributed by atoms with E-state index in [-0.39, 0.29) is 18.1 Å². The topological polar surface area (TPSA) is 113 Å². The number of amides is 2. The second-order valence-electron chi connectivity index (χ2n) is 8.19. The Morgan fingerprint density at radius 1 is 1.10 bits per heavy atom. The minimum absolute atomic E-state index is 0.201. The first kappa shape index (κ1) is 21.0. The van der Waals surface area contributed by atoms with Crippen LogP contribution in [-0.2, 0) is 9.63 Å². The molecule has 2 aliphatic rings. The van der Waals surface area contributed by atoms with Gasteiger partial charge in [0.15, 0.2) is 6.10 Å². The van der Waals surface area contributed by atoms with Crippen molar-refractivity contribution in [3.8, 4) is 0 Å². The number of rotatable bonds is 5. The van der Waals surface area contributed by atoms with E-state index in [9.17, 15) is 9.59 Å². The van der Waals surface area contributed by atoms with Crippen molar-refractivity contribution in [1.29, 1.82) is 0 Å². The fraction of sp³-hybridized carbons (Fsp3) is 0.391. The average Bonchev–Trinajstić information content (AvgIpc) is 3.42. The Morgan fingerprint density at radius 2 is 1.81 bits per heavy atom. The summed E-state index contributed by atoms with van der Waals surface area (Å²) in [5, 5.41) is 16.1. The van der Waals surface area contributed by atoms with Crippen molar-refractivity contribution in [2.45, 2.75) is 51.7 Å². The molecule has 0 radical (unpaired) electrons. The highest BCUT2D eigenvalue weighted by molar-refractivity contribution is 6.01. The summed E-state index contributed by atoms with van der Waals surface area (Å²) in [6.45, 7) is 3.91. The lowest BCUT2D eigenvalue weighted by atomic mass is 9.98. The van der Waals surface area contributed by atoms with E-state index in [1.165, 1.54) is 0 Å². The van der Waals surface area contributed by atoms with Crippen molar-refractivity contribution in [2.75, 3.05) is 0 Å². The van der Waals surface area contributed by atoms with Gasteiger partial charge in [0.2, 0.25) is 5.91 Å². The van der Waals surface area contributed by atoms with Crippen LogP contribution in [0.15, 0.2) is 41.6 Å². The Kier molecular flexibility index (Phi) is 5.99. The highest BCUT2D eigenvalue weighted by Gasteiger charge is 2.34. The largest absolute Gasteiger partial charge is 0.387 e. The maximum absolute atomic E-state index is 12.6. The molecule has 1 unspecified atom stereocenters. The number of aryl methyl sites for hydroxylation is 2. The molecule has 0 bridgehead atoms. The molecular formula is C23H26N4O4. The lowest BCUT2D eigenvalue weighted by Crippen LogP contribution is -2.43. The summed E-state index contributed by atoms with van der Waals surface area (Å²) in [7, 11) is 0. The van der Waals surface area contributed by atoms with Gasteiger partial charge < -0.3 is 10.2 Å². The summed E-state index contributed by atoms with van der Waals surface area (Å²) in [5.41, 5.74) is 6.93. The molecule has 31 heavy (non-hydrogen) atoms. The third kappa shape index (κ3) is 4.59. The van der Waals surface area contributed by atoms with Gasteiger partial charge >= 0.3 is 0 Å². The molecule has 1 fully saturated rings. The molecule has 2 aromatic rings. The van der Waals surface area contributed by atoms with Gasteiger partial charge in [0, 0.05) is 35.0 Å². The van der Waals surface area contributed by atoms with E-state index in [2.05, 4.69) is 15.5 Å². The normalized spacial score (nSPS) is 22.5. The third-order valence-electron chi connectivity index (χ3n) is 5.91. The highest BCUT2D eigenvalue weighted by atomic mass is 16.6. The van der Waals surface area contributed by atoms with Crippen LogP contribution in [0.5, 0.6) is 0 Å². The lowest BCUT2D eigenvalue weighted by molar-refractivity contribution is -0.133. The van der Waals surface area contributed by atoms with Gasteiger partial charge in [-0.2, -0.15) is 0 Å². The minimum atomic E-state index is -0.452. The number of oxime groups is 1. The van der Waals surface area contributed by atoms with Crippen LogP contribution >= 0.6 is 0 Å². The molecule has 1 saturated carbocycles. The first-order chi connectivity index (χ1) is 14.9. The second-order valence-corrected chi connectivity index (χ2v) is 8.19. The van der Waals surface area contributed by atoms with Gasteiger partial charge in [0.25, 0.3) is 5.91 Å². The number of benzene rings is 1. The molecule has 3 N–H and O–H groups in total. The molecule has 1 aromatic heterocycles. The standard InChI is InChI=1S/C23H26N4O4/c1-13-10-17(11-14(2)24-13)20-12-21(31-27-20)15-6-8-16(9-7-15)22(28)25-19-5-3-4-18(19)23(29)26-30/h6-11,18-19,21,30H,3-5,12H2,1-2H3,(H,25,28)(H,26,29)/t18-,19+,21?/m1/s1. The molecule has 1 aliphatic heterocycles. The highest BCUT2D eigenvalue weighted by Crippen LogP contribution is 2.30. The fourth-order valence-corrected chi connectivity index (χ4v) is 4.36. The third-order valence-corrected chi connectivity index (χ3v) is 5.91. The zero-order valence-electron chi connectivity index (χ0n) is 17.6. The Labute approximate surface area is 180 Å². The van der Waals surface area contributed by atoms with Crippen LogP contribution in [0.2, 0.25) is 0 Å². The first-order valence-electron chi connectivity index (χ1n) is 10.5. The second kappa shape index (κ2) is 8.85. The lowest BCUT2D eigenvalue weighted by Gasteiger charge is -2.19. The quantitative estimate of drug-likeness (QED) is 0.506. The Morgan fingerprint density at radius 3 is 2.48 bits per heavy atom. The van der Waals surface area contributed by atoms with Crippen molar-refractivity contribution >= 4 is 17.5 Å². The Balaban J connectivity index is 1.38.